The fraction of sp³-hybridized carbons (Fsp3) is 0.200. The van der Waals surface area contributed by atoms with Crippen LogP contribution in [0.2, 0.25) is 0 Å². The Morgan fingerprint density at radius 1 is 1.22 bits per heavy atom. The minimum Gasteiger partial charge on any atom is -0.296 e. The number of hydrazone groups is 1. The summed E-state index contributed by atoms with van der Waals surface area (Å²) >= 11 is 0. The summed E-state index contributed by atoms with van der Waals surface area (Å²) < 4.78 is 0. The highest BCUT2D eigenvalue weighted by atomic mass is 15.4. The van der Waals surface area contributed by atoms with Gasteiger partial charge >= 0.3 is 0 Å². The van der Waals surface area contributed by atoms with Crippen molar-refractivity contribution in [2.45, 2.75) is 6.92 Å². The van der Waals surface area contributed by atoms with Crippen molar-refractivity contribution in [3.63, 3.8) is 0 Å². The first-order valence-electron chi connectivity index (χ1n) is 5.86. The Kier molecular flexibility index (Phi) is 6.19. The number of anilines is 1. The molecule has 0 bridgehead atoms. The number of nitrogens with zero attached hydrogens (tertiary/aromatic N) is 3. The number of rotatable bonds is 5. The lowest BCUT2D eigenvalue weighted by Gasteiger charge is -2.12. The zero-order valence-electron chi connectivity index (χ0n) is 11.1. The minimum atomic E-state index is 1.01. The summed E-state index contributed by atoms with van der Waals surface area (Å²) in [6, 6.07) is 10.0. The maximum Gasteiger partial charge on any atom is 0.0590 e. The maximum atomic E-state index is 4.39. The third kappa shape index (κ3) is 4.78. The van der Waals surface area contributed by atoms with Crippen molar-refractivity contribution in [3.8, 4) is 0 Å². The fourth-order valence-corrected chi connectivity index (χ4v) is 1.36. The number of hydrogen-bond donors (Lipinski definition) is 0. The number of hydrogen-bond acceptors (Lipinski definition) is 3. The molecule has 0 aliphatic rings. The Bertz CT molecular complexity index is 456. The van der Waals surface area contributed by atoms with Gasteiger partial charge < -0.3 is 0 Å². The summed E-state index contributed by atoms with van der Waals surface area (Å²) in [5.74, 6) is 0. The van der Waals surface area contributed by atoms with Crippen LogP contribution in [0.15, 0.2) is 64.2 Å². The van der Waals surface area contributed by atoms with Crippen LogP contribution in [0, 0.1) is 0 Å². The van der Waals surface area contributed by atoms with E-state index in [9.17, 15) is 0 Å². The summed E-state index contributed by atoms with van der Waals surface area (Å²) in [5, 5.41) is 6.23. The van der Waals surface area contributed by atoms with E-state index in [0.29, 0.717) is 0 Å². The van der Waals surface area contributed by atoms with Crippen LogP contribution in [-0.2, 0) is 0 Å². The Morgan fingerprint density at radius 3 is 2.56 bits per heavy atom. The van der Waals surface area contributed by atoms with Gasteiger partial charge in [0.25, 0.3) is 0 Å². The molecular formula is C15H19N3. The van der Waals surface area contributed by atoms with Gasteiger partial charge in [0.05, 0.1) is 11.9 Å². The molecule has 1 rings (SSSR count). The van der Waals surface area contributed by atoms with Crippen LogP contribution >= 0.6 is 0 Å². The van der Waals surface area contributed by atoms with Crippen LogP contribution in [0.25, 0.3) is 0 Å². The fourth-order valence-electron chi connectivity index (χ4n) is 1.36. The van der Waals surface area contributed by atoms with Gasteiger partial charge in [-0.3, -0.25) is 10.0 Å². The third-order valence-corrected chi connectivity index (χ3v) is 2.29. The van der Waals surface area contributed by atoms with Gasteiger partial charge in [0.1, 0.15) is 0 Å². The first-order chi connectivity index (χ1) is 8.77. The van der Waals surface area contributed by atoms with E-state index >= 15 is 0 Å². The molecule has 18 heavy (non-hydrogen) atoms. The van der Waals surface area contributed by atoms with Gasteiger partial charge in [0.2, 0.25) is 0 Å². The van der Waals surface area contributed by atoms with Gasteiger partial charge in [-0.15, -0.1) is 0 Å². The van der Waals surface area contributed by atoms with E-state index in [0.717, 1.165) is 11.3 Å². The molecule has 0 unspecified atom stereocenters. The van der Waals surface area contributed by atoms with Crippen molar-refractivity contribution in [1.82, 2.24) is 0 Å². The zero-order chi connectivity index (χ0) is 13.2. The molecule has 94 valence electrons. The van der Waals surface area contributed by atoms with E-state index in [1.807, 2.05) is 73.8 Å². The molecule has 0 saturated heterocycles. The summed E-state index contributed by atoms with van der Waals surface area (Å²) in [6.07, 6.45) is 9.45. The zero-order valence-corrected chi connectivity index (χ0v) is 11.1. The lowest BCUT2D eigenvalue weighted by molar-refractivity contribution is 1.02. The van der Waals surface area contributed by atoms with Gasteiger partial charge in [-0.25, -0.2) is 0 Å². The molecule has 0 aliphatic carbocycles. The molecule has 0 heterocycles. The van der Waals surface area contributed by atoms with Crippen molar-refractivity contribution in [1.29, 1.82) is 0 Å². The predicted octanol–water partition coefficient (Wildman–Crippen LogP) is 3.31. The van der Waals surface area contributed by atoms with Crippen LogP contribution < -0.4 is 5.01 Å². The van der Waals surface area contributed by atoms with E-state index in [1.54, 1.807) is 13.3 Å². The number of aliphatic imine (C=N–C) groups is 1. The number of allylic oxidation sites excluding steroid dienone is 4. The van der Waals surface area contributed by atoms with Gasteiger partial charge in [-0.05, 0) is 30.7 Å². The Hall–Kier alpha value is -2.16. The molecule has 0 aliphatic heterocycles. The van der Waals surface area contributed by atoms with Crippen LogP contribution in [0.1, 0.15) is 6.92 Å². The van der Waals surface area contributed by atoms with Crippen molar-refractivity contribution in [2.75, 3.05) is 19.1 Å². The summed E-state index contributed by atoms with van der Waals surface area (Å²) in [4.78, 5) is 3.93. The lowest BCUT2D eigenvalue weighted by Crippen LogP contribution is -2.08. The van der Waals surface area contributed by atoms with Crippen LogP contribution in [0.3, 0.4) is 0 Å². The number of benzene rings is 1. The highest BCUT2D eigenvalue weighted by Gasteiger charge is 1.95. The molecule has 0 aromatic heterocycles. The van der Waals surface area contributed by atoms with E-state index < -0.39 is 0 Å². The molecular weight excluding hydrogens is 222 g/mol. The first-order valence-corrected chi connectivity index (χ1v) is 5.86. The van der Waals surface area contributed by atoms with Crippen LogP contribution in [0.5, 0.6) is 0 Å². The Morgan fingerprint density at radius 2 is 1.94 bits per heavy atom. The molecule has 0 atom stereocenters. The smallest absolute Gasteiger partial charge is 0.0590 e. The quantitative estimate of drug-likeness (QED) is 0.441. The van der Waals surface area contributed by atoms with E-state index in [2.05, 4.69) is 10.1 Å². The SMILES string of the molecule is C\C=C/C(/C=N/N(C)c1ccccc1)=C\C=NC. The molecule has 0 amide bonds. The van der Waals surface area contributed by atoms with E-state index in [-0.39, 0.29) is 0 Å². The summed E-state index contributed by atoms with van der Waals surface area (Å²) in [6.45, 7) is 1.98. The average Bonchev–Trinajstić information content (AvgIpc) is 2.42. The molecule has 0 spiro atoms. The second-order valence-electron chi connectivity index (χ2n) is 3.68. The average molecular weight is 241 g/mol. The monoisotopic (exact) mass is 241 g/mol. The van der Waals surface area contributed by atoms with Crippen molar-refractivity contribution < 1.29 is 0 Å². The highest BCUT2D eigenvalue weighted by Crippen LogP contribution is 2.10. The summed E-state index contributed by atoms with van der Waals surface area (Å²) in [7, 11) is 3.67. The Balaban J connectivity index is 2.78. The first kappa shape index (κ1) is 13.9. The molecule has 0 fully saturated rings. The van der Waals surface area contributed by atoms with Crippen molar-refractivity contribution in [2.24, 2.45) is 10.1 Å². The van der Waals surface area contributed by atoms with Crippen molar-refractivity contribution >= 4 is 18.1 Å². The lowest BCUT2D eigenvalue weighted by atomic mass is 10.2. The second kappa shape index (κ2) is 8.01. The molecule has 1 aromatic rings. The highest BCUT2D eigenvalue weighted by molar-refractivity contribution is 5.89. The van der Waals surface area contributed by atoms with Gasteiger partial charge in [0, 0.05) is 20.3 Å². The van der Waals surface area contributed by atoms with E-state index in [1.165, 1.54) is 0 Å². The Labute approximate surface area is 109 Å². The maximum absolute atomic E-state index is 4.39. The largest absolute Gasteiger partial charge is 0.296 e. The normalized spacial score (nSPS) is 12.9. The summed E-state index contributed by atoms with van der Waals surface area (Å²) in [5.41, 5.74) is 2.06. The standard InChI is InChI=1S/C15H19N3/c1-4-8-14(11-12-16-2)13-17-18(3)15-9-6-5-7-10-15/h4-13H,1-3H3/b8-4-,14-11+,16-12?,17-13+. The molecule has 0 N–H and O–H groups in total. The van der Waals surface area contributed by atoms with Crippen LogP contribution in [-0.4, -0.2) is 26.5 Å². The molecule has 0 radical (unpaired) electrons. The van der Waals surface area contributed by atoms with Gasteiger partial charge in [-0.2, -0.15) is 5.10 Å². The molecule has 0 saturated carbocycles. The third-order valence-electron chi connectivity index (χ3n) is 2.29. The van der Waals surface area contributed by atoms with E-state index in [4.69, 9.17) is 0 Å². The second-order valence-corrected chi connectivity index (χ2v) is 3.68. The topological polar surface area (TPSA) is 28.0 Å². The van der Waals surface area contributed by atoms with Gasteiger partial charge in [0.15, 0.2) is 0 Å². The van der Waals surface area contributed by atoms with Crippen LogP contribution in [0.4, 0.5) is 5.69 Å². The number of para-hydroxylation sites is 1. The van der Waals surface area contributed by atoms with Gasteiger partial charge in [-0.1, -0.05) is 30.4 Å². The minimum absolute atomic E-state index is 1.01. The van der Waals surface area contributed by atoms with Crippen molar-refractivity contribution in [3.05, 3.63) is 54.1 Å². The predicted molar refractivity (Wildman–Crippen MR) is 80.7 cm³/mol. The molecule has 1 aromatic carbocycles. The molecule has 3 heteroatoms. The molecule has 3 nitrogen and oxygen atoms in total.